The van der Waals surface area contributed by atoms with Crippen molar-refractivity contribution in [2.45, 2.75) is 19.5 Å². The van der Waals surface area contributed by atoms with Crippen molar-refractivity contribution < 1.29 is 4.79 Å². The summed E-state index contributed by atoms with van der Waals surface area (Å²) in [6, 6.07) is 5.25. The Kier molecular flexibility index (Phi) is 3.59. The summed E-state index contributed by atoms with van der Waals surface area (Å²) in [4.78, 5) is 12.1. The molecule has 1 aliphatic rings. The number of nitrogens with zero attached hydrogens (tertiary/aromatic N) is 5. The molecule has 3 N–H and O–H groups in total. The lowest BCUT2D eigenvalue weighted by Gasteiger charge is -2.07. The van der Waals surface area contributed by atoms with Gasteiger partial charge in [0.25, 0.3) is 0 Å². The number of anilines is 1. The van der Waals surface area contributed by atoms with Gasteiger partial charge in [-0.3, -0.25) is 4.79 Å². The Hall–Kier alpha value is -2.39. The van der Waals surface area contributed by atoms with Crippen molar-refractivity contribution in [2.75, 3.05) is 5.32 Å². The van der Waals surface area contributed by atoms with E-state index in [1.807, 2.05) is 19.1 Å². The van der Waals surface area contributed by atoms with Gasteiger partial charge in [-0.25, -0.2) is 4.68 Å². The van der Waals surface area contributed by atoms with Gasteiger partial charge in [-0.2, -0.15) is 8.73 Å². The van der Waals surface area contributed by atoms with Crippen molar-refractivity contribution in [3.05, 3.63) is 30.1 Å². The highest BCUT2D eigenvalue weighted by molar-refractivity contribution is 7.58. The van der Waals surface area contributed by atoms with Crippen LogP contribution in [-0.2, 0) is 22.7 Å². The van der Waals surface area contributed by atoms with Gasteiger partial charge in [0.05, 0.1) is 28.9 Å². The summed E-state index contributed by atoms with van der Waals surface area (Å²) >= 11 is 1.11. The predicted molar refractivity (Wildman–Crippen MR) is 79.2 cm³/mol. The number of nitrogens with one attached hydrogen (secondary N) is 1. The van der Waals surface area contributed by atoms with Gasteiger partial charge in [0.15, 0.2) is 0 Å². The average Bonchev–Trinajstić information content (AvgIpc) is 3.07. The normalized spacial score (nSPS) is 13.6. The number of amides is 1. The summed E-state index contributed by atoms with van der Waals surface area (Å²) in [6.45, 7) is 1.87. The van der Waals surface area contributed by atoms with Crippen molar-refractivity contribution in [3.8, 4) is 0 Å². The van der Waals surface area contributed by atoms with Crippen molar-refractivity contribution >= 4 is 34.3 Å². The van der Waals surface area contributed by atoms with Gasteiger partial charge in [0, 0.05) is 6.04 Å². The molecule has 1 atom stereocenters. The van der Waals surface area contributed by atoms with Gasteiger partial charge in [0.1, 0.15) is 17.9 Å². The van der Waals surface area contributed by atoms with Gasteiger partial charge in [-0.15, -0.1) is 5.10 Å². The largest absolute Gasteiger partial charge is 0.323 e. The first-order valence-electron chi connectivity index (χ1n) is 6.30. The third-order valence-corrected chi connectivity index (χ3v) is 3.43. The molecule has 1 aliphatic heterocycles. The lowest BCUT2D eigenvalue weighted by molar-refractivity contribution is -0.116. The van der Waals surface area contributed by atoms with Crippen molar-refractivity contribution in [3.63, 3.8) is 0 Å². The molecule has 1 aromatic heterocycles. The lowest BCUT2D eigenvalue weighted by atomic mass is 10.2. The molecule has 1 unspecified atom stereocenters. The van der Waals surface area contributed by atoms with E-state index in [-0.39, 0.29) is 18.5 Å². The second-order valence-electron chi connectivity index (χ2n) is 4.62. The van der Waals surface area contributed by atoms with Crippen LogP contribution in [0.3, 0.4) is 0 Å². The van der Waals surface area contributed by atoms with Gasteiger partial charge >= 0.3 is 0 Å². The standard InChI is InChI=1S/C12H13N7OS/c1-7(13)10-5-19(18-15-10)6-11(20)14-8-3-2-4-9-12(8)17-21-16-9/h2-5,7H,6,13H2,1H3,(H,14,20). The molecule has 0 fully saturated rings. The molecule has 8 nitrogen and oxygen atoms in total. The number of hydrogen-bond acceptors (Lipinski definition) is 6. The average molecular weight is 303 g/mol. The zero-order chi connectivity index (χ0) is 14.8. The molecule has 2 heterocycles. The van der Waals surface area contributed by atoms with E-state index in [2.05, 4.69) is 24.4 Å². The number of carbonyl (C=O) groups is 1. The predicted octanol–water partition coefficient (Wildman–Crippen LogP) is 1.66. The maximum atomic E-state index is 12.1. The van der Waals surface area contributed by atoms with Crippen LogP contribution in [0.15, 0.2) is 33.1 Å². The minimum atomic E-state index is -0.211. The number of aromatic nitrogens is 3. The number of hydrogen-bond donors (Lipinski definition) is 2. The third-order valence-electron chi connectivity index (χ3n) is 2.89. The first kappa shape index (κ1) is 13.6. The minimum absolute atomic E-state index is 0.0632. The Bertz CT molecular complexity index is 761. The SMILES string of the molecule is CC(N)c1cn(CC(=O)Nc2cccc3c2N=S=N3)nn1. The van der Waals surface area contributed by atoms with E-state index in [9.17, 15) is 4.79 Å². The molecule has 0 saturated carbocycles. The van der Waals surface area contributed by atoms with Crippen molar-refractivity contribution in [2.24, 2.45) is 14.5 Å². The summed E-state index contributed by atoms with van der Waals surface area (Å²) in [5.41, 5.74) is 8.43. The first-order chi connectivity index (χ1) is 10.1. The summed E-state index contributed by atoms with van der Waals surface area (Å²) in [6.07, 6.45) is 1.66. The van der Waals surface area contributed by atoms with Gasteiger partial charge in [-0.05, 0) is 19.1 Å². The topological polar surface area (TPSA) is 111 Å². The Balaban J connectivity index is 1.70. The maximum Gasteiger partial charge on any atom is 0.246 e. The smallest absolute Gasteiger partial charge is 0.246 e. The van der Waals surface area contributed by atoms with Gasteiger partial charge in [0.2, 0.25) is 5.91 Å². The van der Waals surface area contributed by atoms with E-state index < -0.39 is 0 Å². The molecule has 0 radical (unpaired) electrons. The van der Waals surface area contributed by atoms with Crippen LogP contribution >= 0.6 is 0 Å². The molecule has 0 spiro atoms. The molecule has 108 valence electrons. The van der Waals surface area contributed by atoms with E-state index in [1.165, 1.54) is 4.68 Å². The Morgan fingerprint density at radius 2 is 2.33 bits per heavy atom. The lowest BCUT2D eigenvalue weighted by Crippen LogP contribution is -2.19. The highest BCUT2D eigenvalue weighted by Gasteiger charge is 2.14. The van der Waals surface area contributed by atoms with Crippen LogP contribution in [0, 0.1) is 0 Å². The molecular weight excluding hydrogens is 290 g/mol. The molecule has 21 heavy (non-hydrogen) atoms. The van der Waals surface area contributed by atoms with E-state index in [4.69, 9.17) is 5.73 Å². The van der Waals surface area contributed by atoms with Crippen molar-refractivity contribution in [1.82, 2.24) is 15.0 Å². The summed E-state index contributed by atoms with van der Waals surface area (Å²) in [5.74, 6) is -0.211. The number of rotatable bonds is 4. The summed E-state index contributed by atoms with van der Waals surface area (Å²) in [5, 5.41) is 10.6. The van der Waals surface area contributed by atoms with Crippen LogP contribution in [0.1, 0.15) is 18.7 Å². The molecule has 9 heteroatoms. The van der Waals surface area contributed by atoms with Gasteiger partial charge in [-0.1, -0.05) is 11.3 Å². The Morgan fingerprint density at radius 1 is 1.48 bits per heavy atom. The molecule has 2 aromatic rings. The molecule has 1 aromatic carbocycles. The molecule has 1 amide bonds. The molecule has 0 aliphatic carbocycles. The minimum Gasteiger partial charge on any atom is -0.323 e. The highest BCUT2D eigenvalue weighted by atomic mass is 32.1. The summed E-state index contributed by atoms with van der Waals surface area (Å²) in [7, 11) is 0. The quantitative estimate of drug-likeness (QED) is 0.763. The van der Waals surface area contributed by atoms with Crippen LogP contribution in [-0.4, -0.2) is 20.9 Å². The fourth-order valence-corrected chi connectivity index (χ4v) is 2.39. The van der Waals surface area contributed by atoms with E-state index in [1.54, 1.807) is 12.3 Å². The second kappa shape index (κ2) is 5.54. The van der Waals surface area contributed by atoms with E-state index in [0.29, 0.717) is 17.1 Å². The van der Waals surface area contributed by atoms with Crippen LogP contribution in [0.2, 0.25) is 0 Å². The van der Waals surface area contributed by atoms with E-state index >= 15 is 0 Å². The first-order valence-corrected chi connectivity index (χ1v) is 7.03. The number of nitrogens with two attached hydrogens (primary N) is 1. The Labute approximate surface area is 124 Å². The third kappa shape index (κ3) is 2.88. The number of benzene rings is 1. The molecule has 3 rings (SSSR count). The van der Waals surface area contributed by atoms with Crippen LogP contribution < -0.4 is 11.1 Å². The van der Waals surface area contributed by atoms with Crippen LogP contribution in [0.5, 0.6) is 0 Å². The van der Waals surface area contributed by atoms with E-state index in [0.717, 1.165) is 17.0 Å². The zero-order valence-corrected chi connectivity index (χ0v) is 12.0. The molecule has 0 bridgehead atoms. The zero-order valence-electron chi connectivity index (χ0n) is 11.2. The highest BCUT2D eigenvalue weighted by Crippen LogP contribution is 2.38. The van der Waals surface area contributed by atoms with Crippen molar-refractivity contribution in [1.29, 1.82) is 0 Å². The number of fused-ring (bicyclic) bond motifs is 1. The second-order valence-corrected chi connectivity index (χ2v) is 5.14. The monoisotopic (exact) mass is 303 g/mol. The fraction of sp³-hybridized carbons (Fsp3) is 0.250. The van der Waals surface area contributed by atoms with Gasteiger partial charge < -0.3 is 11.1 Å². The molecule has 0 saturated heterocycles. The van der Waals surface area contributed by atoms with Crippen LogP contribution in [0.4, 0.5) is 17.1 Å². The molecular formula is C12H13N7OS. The maximum absolute atomic E-state index is 12.1. The fourth-order valence-electron chi connectivity index (χ4n) is 1.84. The van der Waals surface area contributed by atoms with Crippen LogP contribution in [0.25, 0.3) is 0 Å². The summed E-state index contributed by atoms with van der Waals surface area (Å²) < 4.78 is 9.75. The number of carbonyl (C=O) groups excluding carboxylic acids is 1. The Morgan fingerprint density at radius 3 is 3.10 bits per heavy atom.